The summed E-state index contributed by atoms with van der Waals surface area (Å²) >= 11 is 13.6. The Hall–Kier alpha value is -1.93. The van der Waals surface area contributed by atoms with E-state index in [1.54, 1.807) is 12.3 Å². The molecule has 1 amide bonds. The number of halogens is 2. The second-order valence-corrected chi connectivity index (χ2v) is 6.49. The molecule has 0 radical (unpaired) electrons. The van der Waals surface area contributed by atoms with Crippen LogP contribution in [0, 0.1) is 0 Å². The number of hydrogen-bond acceptors (Lipinski definition) is 5. The zero-order chi connectivity index (χ0) is 16.6. The fourth-order valence-corrected chi connectivity index (χ4v) is 3.64. The van der Waals surface area contributed by atoms with E-state index in [1.807, 2.05) is 12.1 Å². The molecule has 0 bridgehead atoms. The van der Waals surface area contributed by atoms with E-state index >= 15 is 0 Å². The minimum absolute atomic E-state index is 0.160. The molecule has 0 aromatic carbocycles. The molecular weight excluding hydrogens is 359 g/mol. The van der Waals surface area contributed by atoms with E-state index in [2.05, 4.69) is 15.3 Å². The number of fused-ring (bicyclic) bond motifs is 1. The lowest BCUT2D eigenvalue weighted by Gasteiger charge is -2.12. The van der Waals surface area contributed by atoms with E-state index < -0.39 is 12.1 Å². The lowest BCUT2D eigenvalue weighted by Crippen LogP contribution is -2.15. The lowest BCUT2D eigenvalue weighted by atomic mass is 10.1. The molecule has 0 aliphatic carbocycles. The lowest BCUT2D eigenvalue weighted by molar-refractivity contribution is 0.209. The number of carbonyl (C=O) groups is 1. The van der Waals surface area contributed by atoms with E-state index in [-0.39, 0.29) is 5.82 Å². The zero-order valence-electron chi connectivity index (χ0n) is 11.5. The van der Waals surface area contributed by atoms with Crippen molar-refractivity contribution in [2.24, 2.45) is 5.73 Å². The van der Waals surface area contributed by atoms with Crippen LogP contribution in [-0.4, -0.2) is 21.2 Å². The number of aromatic nitrogens is 2. The van der Waals surface area contributed by atoms with Crippen LogP contribution >= 0.6 is 34.5 Å². The Kier molecular flexibility index (Phi) is 4.36. The summed E-state index contributed by atoms with van der Waals surface area (Å²) in [5, 5.41) is 12.6. The average molecular weight is 369 g/mol. The van der Waals surface area contributed by atoms with Gasteiger partial charge in [-0.15, -0.1) is 11.3 Å². The van der Waals surface area contributed by atoms with Gasteiger partial charge in [0.05, 0.1) is 21.5 Å². The van der Waals surface area contributed by atoms with E-state index in [4.69, 9.17) is 34.0 Å². The topological polar surface area (TPSA) is 101 Å². The average Bonchev–Trinajstić information content (AvgIpc) is 2.93. The monoisotopic (exact) mass is 368 g/mol. The molecule has 1 unspecified atom stereocenters. The molecule has 4 N–H and O–H groups in total. The molecule has 0 fully saturated rings. The molecule has 3 aromatic heterocycles. The van der Waals surface area contributed by atoms with Gasteiger partial charge in [-0.2, -0.15) is 0 Å². The van der Waals surface area contributed by atoms with Crippen molar-refractivity contribution in [3.05, 3.63) is 51.2 Å². The largest absolute Gasteiger partial charge is 0.465 e. The third-order valence-electron chi connectivity index (χ3n) is 3.12. The first-order chi connectivity index (χ1) is 11.0. The van der Waals surface area contributed by atoms with Crippen LogP contribution in [0.15, 0.2) is 30.5 Å². The maximum Gasteiger partial charge on any atom is 0.410 e. The van der Waals surface area contributed by atoms with E-state index in [0.29, 0.717) is 15.9 Å². The highest BCUT2D eigenvalue weighted by atomic mass is 35.5. The second-order valence-electron chi connectivity index (χ2n) is 4.64. The van der Waals surface area contributed by atoms with Crippen LogP contribution in [0.4, 0.5) is 10.6 Å². The van der Waals surface area contributed by atoms with Crippen molar-refractivity contribution in [2.45, 2.75) is 6.04 Å². The van der Waals surface area contributed by atoms with Gasteiger partial charge in [-0.05, 0) is 29.7 Å². The number of rotatable bonds is 3. The molecule has 0 saturated carbocycles. The van der Waals surface area contributed by atoms with Crippen LogP contribution in [0.1, 0.15) is 16.6 Å². The second kappa shape index (κ2) is 6.29. The van der Waals surface area contributed by atoms with Gasteiger partial charge in [0.1, 0.15) is 11.0 Å². The smallest absolute Gasteiger partial charge is 0.410 e. The van der Waals surface area contributed by atoms with E-state index in [0.717, 1.165) is 15.0 Å². The highest BCUT2D eigenvalue weighted by molar-refractivity contribution is 7.19. The van der Waals surface area contributed by atoms with Crippen LogP contribution in [0.25, 0.3) is 10.1 Å². The van der Waals surface area contributed by atoms with Gasteiger partial charge in [0, 0.05) is 11.1 Å². The van der Waals surface area contributed by atoms with Crippen molar-refractivity contribution in [3.63, 3.8) is 0 Å². The van der Waals surface area contributed by atoms with Crippen LogP contribution in [0.3, 0.4) is 0 Å². The molecule has 0 aliphatic heterocycles. The van der Waals surface area contributed by atoms with Crippen molar-refractivity contribution in [1.29, 1.82) is 0 Å². The van der Waals surface area contributed by atoms with Crippen LogP contribution in [0.2, 0.25) is 10.2 Å². The highest BCUT2D eigenvalue weighted by Crippen LogP contribution is 2.36. The van der Waals surface area contributed by atoms with E-state index in [1.165, 1.54) is 17.4 Å². The molecule has 3 rings (SSSR count). The van der Waals surface area contributed by atoms with Gasteiger partial charge >= 0.3 is 6.09 Å². The van der Waals surface area contributed by atoms with Crippen molar-refractivity contribution >= 4 is 56.5 Å². The van der Waals surface area contributed by atoms with Crippen molar-refractivity contribution < 1.29 is 9.90 Å². The molecule has 3 aromatic rings. The van der Waals surface area contributed by atoms with Gasteiger partial charge in [-0.1, -0.05) is 23.2 Å². The van der Waals surface area contributed by atoms with Crippen molar-refractivity contribution in [3.8, 4) is 0 Å². The fourth-order valence-electron chi connectivity index (χ4n) is 2.09. The number of thiophene rings is 1. The molecule has 9 heteroatoms. The molecule has 118 valence electrons. The maximum atomic E-state index is 10.7. The number of amides is 1. The fraction of sp³-hybridized carbons (Fsp3) is 0.0714. The molecule has 1 atom stereocenters. The summed E-state index contributed by atoms with van der Waals surface area (Å²) in [6, 6.07) is 6.15. The summed E-state index contributed by atoms with van der Waals surface area (Å²) in [5.41, 5.74) is 6.64. The third kappa shape index (κ3) is 3.23. The molecule has 0 spiro atoms. The standard InChI is InChI=1S/C14H10Cl2N4O2S/c15-7-1-2-9(20-14(21)22)19-11(7)10(17)8-5-6-3-4-18-13(16)12(6)23-8/h1-5,10H,17H2,(H,19,20)(H,21,22). The minimum atomic E-state index is -1.21. The summed E-state index contributed by atoms with van der Waals surface area (Å²) in [6.45, 7) is 0. The summed E-state index contributed by atoms with van der Waals surface area (Å²) in [7, 11) is 0. The molecular formula is C14H10Cl2N4O2S. The maximum absolute atomic E-state index is 10.7. The normalized spacial score (nSPS) is 12.3. The van der Waals surface area contributed by atoms with Gasteiger partial charge in [0.2, 0.25) is 0 Å². The van der Waals surface area contributed by atoms with Crippen LogP contribution in [0.5, 0.6) is 0 Å². The Morgan fingerprint density at radius 3 is 2.83 bits per heavy atom. The number of nitrogens with zero attached hydrogens (tertiary/aromatic N) is 2. The number of hydrogen-bond donors (Lipinski definition) is 3. The van der Waals surface area contributed by atoms with E-state index in [9.17, 15) is 4.79 Å². The highest BCUT2D eigenvalue weighted by Gasteiger charge is 2.19. The van der Waals surface area contributed by atoms with Gasteiger partial charge in [0.25, 0.3) is 0 Å². The van der Waals surface area contributed by atoms with Crippen molar-refractivity contribution in [2.75, 3.05) is 5.32 Å². The Bertz CT molecular complexity index is 900. The number of anilines is 1. The Morgan fingerprint density at radius 2 is 2.13 bits per heavy atom. The Labute approximate surface area is 144 Å². The number of nitrogens with one attached hydrogen (secondary N) is 1. The summed E-state index contributed by atoms with van der Waals surface area (Å²) in [6.07, 6.45) is 0.411. The Morgan fingerprint density at radius 1 is 1.35 bits per heavy atom. The predicted octanol–water partition coefficient (Wildman–Crippen LogP) is 4.14. The first-order valence-corrected chi connectivity index (χ1v) is 7.99. The predicted molar refractivity (Wildman–Crippen MR) is 91.6 cm³/mol. The van der Waals surface area contributed by atoms with Gasteiger partial charge < -0.3 is 10.8 Å². The summed E-state index contributed by atoms with van der Waals surface area (Å²) < 4.78 is 0.829. The summed E-state index contributed by atoms with van der Waals surface area (Å²) in [5.74, 6) is 0.160. The quantitative estimate of drug-likeness (QED) is 0.603. The third-order valence-corrected chi connectivity index (χ3v) is 5.08. The number of nitrogens with two attached hydrogens (primary N) is 1. The zero-order valence-corrected chi connectivity index (χ0v) is 13.8. The SMILES string of the molecule is NC(c1cc2ccnc(Cl)c2s1)c1nc(NC(=O)O)ccc1Cl. The number of pyridine rings is 2. The number of carboxylic acid groups (broad SMARTS) is 1. The van der Waals surface area contributed by atoms with Gasteiger partial charge in [0.15, 0.2) is 0 Å². The van der Waals surface area contributed by atoms with Gasteiger partial charge in [-0.25, -0.2) is 14.8 Å². The first-order valence-electron chi connectivity index (χ1n) is 6.41. The Balaban J connectivity index is 2.02. The minimum Gasteiger partial charge on any atom is -0.465 e. The molecule has 6 nitrogen and oxygen atoms in total. The van der Waals surface area contributed by atoms with Gasteiger partial charge in [-0.3, -0.25) is 5.32 Å². The molecule has 0 saturated heterocycles. The summed E-state index contributed by atoms with van der Waals surface area (Å²) in [4.78, 5) is 19.8. The molecule has 3 heterocycles. The first kappa shape index (κ1) is 15.9. The molecule has 23 heavy (non-hydrogen) atoms. The van der Waals surface area contributed by atoms with Crippen LogP contribution in [-0.2, 0) is 0 Å². The van der Waals surface area contributed by atoms with Crippen molar-refractivity contribution in [1.82, 2.24) is 9.97 Å². The molecule has 0 aliphatic rings. The van der Waals surface area contributed by atoms with Crippen LogP contribution < -0.4 is 11.1 Å².